The maximum atomic E-state index is 3.54. The Morgan fingerprint density at radius 3 is 2.45 bits per heavy atom. The third kappa shape index (κ3) is 1.84. The maximum absolute atomic E-state index is 3.54. The predicted octanol–water partition coefficient (Wildman–Crippen LogP) is 3.63. The molecule has 0 amide bonds. The number of aryl methyl sites for hydroxylation is 2. The fourth-order valence-electron chi connectivity index (χ4n) is 1.25. The van der Waals surface area contributed by atoms with Gasteiger partial charge in [-0.1, -0.05) is 28.9 Å². The highest BCUT2D eigenvalue weighted by Gasteiger charge is 2.00. The van der Waals surface area contributed by atoms with Gasteiger partial charge in [-0.05, 0) is 43.0 Å². The molecule has 0 saturated heterocycles. The van der Waals surface area contributed by atoms with Gasteiger partial charge in [0.15, 0.2) is 0 Å². The van der Waals surface area contributed by atoms with Crippen LogP contribution in [0.1, 0.15) is 23.6 Å². The molecule has 0 fully saturated rings. The smallest absolute Gasteiger partial charge is 0.0209 e. The monoisotopic (exact) mass is 212 g/mol. The van der Waals surface area contributed by atoms with Gasteiger partial charge < -0.3 is 0 Å². The van der Waals surface area contributed by atoms with E-state index in [4.69, 9.17) is 0 Å². The lowest BCUT2D eigenvalue weighted by Crippen LogP contribution is -1.88. The fraction of sp³-hybridized carbons (Fsp3) is 0.400. The van der Waals surface area contributed by atoms with E-state index in [-0.39, 0.29) is 0 Å². The van der Waals surface area contributed by atoms with E-state index in [0.717, 1.165) is 6.42 Å². The summed E-state index contributed by atoms with van der Waals surface area (Å²) in [7, 11) is 0. The quantitative estimate of drug-likeness (QED) is 0.668. The zero-order chi connectivity index (χ0) is 8.43. The lowest BCUT2D eigenvalue weighted by Gasteiger charge is -2.06. The van der Waals surface area contributed by atoms with Crippen molar-refractivity contribution in [1.82, 2.24) is 0 Å². The van der Waals surface area contributed by atoms with Crippen LogP contribution >= 0.6 is 15.9 Å². The van der Waals surface area contributed by atoms with E-state index in [9.17, 15) is 0 Å². The summed E-state index contributed by atoms with van der Waals surface area (Å²) >= 11 is 3.54. The van der Waals surface area contributed by atoms with Gasteiger partial charge in [0, 0.05) is 4.47 Å². The van der Waals surface area contributed by atoms with Crippen LogP contribution in [0.3, 0.4) is 0 Å². The highest BCUT2D eigenvalue weighted by Crippen LogP contribution is 2.21. The maximum Gasteiger partial charge on any atom is 0.0209 e. The molecule has 0 unspecified atom stereocenters. The molecule has 0 N–H and O–H groups in total. The predicted molar refractivity (Wildman–Crippen MR) is 53.0 cm³/mol. The summed E-state index contributed by atoms with van der Waals surface area (Å²) in [5.41, 5.74) is 4.15. The Morgan fingerprint density at radius 1 is 1.27 bits per heavy atom. The van der Waals surface area contributed by atoms with Crippen molar-refractivity contribution < 1.29 is 0 Å². The van der Waals surface area contributed by atoms with Crippen molar-refractivity contribution in [3.05, 3.63) is 33.3 Å². The molecular weight excluding hydrogens is 200 g/mol. The van der Waals surface area contributed by atoms with E-state index in [2.05, 4.69) is 48.8 Å². The summed E-state index contributed by atoms with van der Waals surface area (Å²) in [6.45, 7) is 6.47. The molecule has 0 radical (unpaired) electrons. The van der Waals surface area contributed by atoms with Gasteiger partial charge in [0.05, 0.1) is 0 Å². The van der Waals surface area contributed by atoms with Crippen molar-refractivity contribution in [1.29, 1.82) is 0 Å². The van der Waals surface area contributed by atoms with E-state index in [1.807, 2.05) is 0 Å². The molecule has 0 aromatic heterocycles. The fourth-order valence-corrected chi connectivity index (χ4v) is 1.87. The second-order valence-electron chi connectivity index (χ2n) is 2.88. The Balaban J connectivity index is 3.24. The van der Waals surface area contributed by atoms with Gasteiger partial charge in [0.25, 0.3) is 0 Å². The summed E-state index contributed by atoms with van der Waals surface area (Å²) in [5, 5.41) is 0. The molecule has 0 nitrogen and oxygen atoms in total. The molecule has 1 rings (SSSR count). The zero-order valence-electron chi connectivity index (χ0n) is 7.24. The molecule has 11 heavy (non-hydrogen) atoms. The highest BCUT2D eigenvalue weighted by molar-refractivity contribution is 9.10. The normalized spacial score (nSPS) is 10.2. The van der Waals surface area contributed by atoms with E-state index >= 15 is 0 Å². The standard InChI is InChI=1S/C10H13Br/c1-4-9-5-7(2)6-10(11)8(9)3/h5-6H,4H2,1-3H3. The molecular formula is C10H13Br. The Morgan fingerprint density at radius 2 is 1.91 bits per heavy atom. The van der Waals surface area contributed by atoms with Gasteiger partial charge in [0.1, 0.15) is 0 Å². The van der Waals surface area contributed by atoms with Crippen molar-refractivity contribution in [2.24, 2.45) is 0 Å². The van der Waals surface area contributed by atoms with Gasteiger partial charge in [0.2, 0.25) is 0 Å². The average Bonchev–Trinajstić information content (AvgIpc) is 1.96. The van der Waals surface area contributed by atoms with Crippen molar-refractivity contribution in [3.8, 4) is 0 Å². The number of hydrogen-bond donors (Lipinski definition) is 0. The van der Waals surface area contributed by atoms with Gasteiger partial charge in [-0.3, -0.25) is 0 Å². The topological polar surface area (TPSA) is 0 Å². The van der Waals surface area contributed by atoms with E-state index in [0.29, 0.717) is 0 Å². The van der Waals surface area contributed by atoms with Crippen molar-refractivity contribution in [2.75, 3.05) is 0 Å². The van der Waals surface area contributed by atoms with Crippen LogP contribution in [-0.4, -0.2) is 0 Å². The van der Waals surface area contributed by atoms with E-state index in [1.54, 1.807) is 0 Å². The Kier molecular flexibility index (Phi) is 2.72. The second kappa shape index (κ2) is 3.40. The SMILES string of the molecule is CCc1cc(C)cc(Br)c1C. The molecule has 60 valence electrons. The van der Waals surface area contributed by atoms with Crippen LogP contribution < -0.4 is 0 Å². The number of hydrogen-bond acceptors (Lipinski definition) is 0. The van der Waals surface area contributed by atoms with Crippen LogP contribution in [0.2, 0.25) is 0 Å². The van der Waals surface area contributed by atoms with Crippen molar-refractivity contribution in [2.45, 2.75) is 27.2 Å². The third-order valence-corrected chi connectivity index (χ3v) is 2.80. The molecule has 1 aromatic carbocycles. The summed E-state index contributed by atoms with van der Waals surface area (Å²) in [5.74, 6) is 0. The molecule has 1 aromatic rings. The Labute approximate surface area is 76.8 Å². The summed E-state index contributed by atoms with van der Waals surface area (Å²) < 4.78 is 1.23. The molecule has 0 spiro atoms. The number of benzene rings is 1. The minimum atomic E-state index is 1.12. The Bertz CT molecular complexity index is 264. The van der Waals surface area contributed by atoms with Crippen LogP contribution in [0.25, 0.3) is 0 Å². The van der Waals surface area contributed by atoms with E-state index in [1.165, 1.54) is 21.2 Å². The first-order valence-electron chi connectivity index (χ1n) is 3.90. The lowest BCUT2D eigenvalue weighted by molar-refractivity contribution is 1.09. The van der Waals surface area contributed by atoms with Crippen LogP contribution in [0.15, 0.2) is 16.6 Å². The molecule has 0 atom stereocenters. The minimum absolute atomic E-state index is 1.12. The first-order valence-corrected chi connectivity index (χ1v) is 4.70. The van der Waals surface area contributed by atoms with Crippen LogP contribution in [-0.2, 0) is 6.42 Å². The largest absolute Gasteiger partial charge is 0.0613 e. The molecule has 0 aliphatic rings. The first-order chi connectivity index (χ1) is 5.15. The summed E-state index contributed by atoms with van der Waals surface area (Å²) in [4.78, 5) is 0. The molecule has 0 saturated carbocycles. The zero-order valence-corrected chi connectivity index (χ0v) is 8.83. The molecule has 0 bridgehead atoms. The average molecular weight is 213 g/mol. The molecule has 0 aliphatic carbocycles. The lowest BCUT2D eigenvalue weighted by atomic mass is 10.0. The minimum Gasteiger partial charge on any atom is -0.0613 e. The molecule has 0 heterocycles. The van der Waals surface area contributed by atoms with Gasteiger partial charge in [-0.2, -0.15) is 0 Å². The number of rotatable bonds is 1. The first kappa shape index (κ1) is 8.79. The second-order valence-corrected chi connectivity index (χ2v) is 3.74. The van der Waals surface area contributed by atoms with Crippen molar-refractivity contribution >= 4 is 15.9 Å². The van der Waals surface area contributed by atoms with E-state index < -0.39 is 0 Å². The third-order valence-electron chi connectivity index (χ3n) is 1.98. The van der Waals surface area contributed by atoms with Gasteiger partial charge in [-0.25, -0.2) is 0 Å². The van der Waals surface area contributed by atoms with Crippen LogP contribution in [0.5, 0.6) is 0 Å². The van der Waals surface area contributed by atoms with Crippen LogP contribution in [0, 0.1) is 13.8 Å². The van der Waals surface area contributed by atoms with Gasteiger partial charge >= 0.3 is 0 Å². The van der Waals surface area contributed by atoms with Crippen LogP contribution in [0.4, 0.5) is 0 Å². The Hall–Kier alpha value is -0.300. The molecule has 0 aliphatic heterocycles. The van der Waals surface area contributed by atoms with Crippen molar-refractivity contribution in [3.63, 3.8) is 0 Å². The highest BCUT2D eigenvalue weighted by atomic mass is 79.9. The summed E-state index contributed by atoms with van der Waals surface area (Å²) in [6.07, 6.45) is 1.12. The number of halogens is 1. The molecule has 1 heteroatoms. The summed E-state index contributed by atoms with van der Waals surface area (Å²) in [6, 6.07) is 4.41. The van der Waals surface area contributed by atoms with Gasteiger partial charge in [-0.15, -0.1) is 0 Å².